The van der Waals surface area contributed by atoms with Gasteiger partial charge >= 0.3 is 5.97 Å². The highest BCUT2D eigenvalue weighted by Crippen LogP contribution is 2.11. The topological polar surface area (TPSA) is 86.6 Å². The van der Waals surface area contributed by atoms with E-state index < -0.39 is 5.97 Å². The molecule has 0 aliphatic carbocycles. The maximum atomic E-state index is 11.7. The van der Waals surface area contributed by atoms with Gasteiger partial charge in [-0.2, -0.15) is 0 Å². The van der Waals surface area contributed by atoms with Crippen LogP contribution in [0.4, 0.5) is 5.69 Å². The van der Waals surface area contributed by atoms with Crippen molar-refractivity contribution in [1.29, 1.82) is 0 Å². The van der Waals surface area contributed by atoms with Gasteiger partial charge in [0.2, 0.25) is 5.91 Å². The molecule has 0 aliphatic rings. The predicted octanol–water partition coefficient (Wildman–Crippen LogP) is 2.54. The number of hydrogen-bond acceptors (Lipinski definition) is 3. The van der Waals surface area contributed by atoms with Gasteiger partial charge < -0.3 is 15.5 Å². The van der Waals surface area contributed by atoms with Crippen LogP contribution in [-0.4, -0.2) is 22.1 Å². The van der Waals surface area contributed by atoms with Crippen molar-refractivity contribution in [2.45, 2.75) is 45.1 Å². The molecule has 5 heteroatoms. The van der Waals surface area contributed by atoms with Crippen molar-refractivity contribution >= 4 is 17.6 Å². The van der Waals surface area contributed by atoms with Crippen LogP contribution in [0.2, 0.25) is 0 Å². The average Bonchev–Trinajstić information content (AvgIpc) is 2.43. The lowest BCUT2D eigenvalue weighted by molar-refractivity contribution is -0.137. The highest BCUT2D eigenvalue weighted by atomic mass is 16.4. The standard InChI is InChI=1S/C15H21NO4/c17-11-12-7-9-13(10-8-12)16-14(18)5-3-1-2-4-6-15(19)20/h7-10,17H,1-6,11H2,(H,16,18)(H,19,20). The monoisotopic (exact) mass is 279 g/mol. The zero-order chi connectivity index (χ0) is 14.8. The van der Waals surface area contributed by atoms with Gasteiger partial charge in [-0.3, -0.25) is 9.59 Å². The first-order valence-electron chi connectivity index (χ1n) is 6.83. The molecule has 3 N–H and O–H groups in total. The number of aliphatic hydroxyl groups is 1. The highest BCUT2D eigenvalue weighted by molar-refractivity contribution is 5.90. The lowest BCUT2D eigenvalue weighted by Gasteiger charge is -2.06. The van der Waals surface area contributed by atoms with Gasteiger partial charge in [-0.15, -0.1) is 0 Å². The van der Waals surface area contributed by atoms with Crippen molar-refractivity contribution in [2.75, 3.05) is 5.32 Å². The maximum absolute atomic E-state index is 11.7. The summed E-state index contributed by atoms with van der Waals surface area (Å²) in [5.41, 5.74) is 1.53. The van der Waals surface area contributed by atoms with Crippen LogP contribution < -0.4 is 5.32 Å². The molecule has 0 aliphatic heterocycles. The molecule has 1 aromatic rings. The fourth-order valence-corrected chi connectivity index (χ4v) is 1.83. The summed E-state index contributed by atoms with van der Waals surface area (Å²) in [7, 11) is 0. The predicted molar refractivity (Wildman–Crippen MR) is 76.3 cm³/mol. The van der Waals surface area contributed by atoms with Crippen molar-refractivity contribution in [1.82, 2.24) is 0 Å². The Balaban J connectivity index is 2.15. The summed E-state index contributed by atoms with van der Waals surface area (Å²) in [5.74, 6) is -0.811. The van der Waals surface area contributed by atoms with Gasteiger partial charge in [0.25, 0.3) is 0 Å². The van der Waals surface area contributed by atoms with E-state index in [0.29, 0.717) is 12.8 Å². The second-order valence-electron chi connectivity index (χ2n) is 4.71. The number of aliphatic hydroxyl groups excluding tert-OH is 1. The van der Waals surface area contributed by atoms with E-state index in [-0.39, 0.29) is 18.9 Å². The highest BCUT2D eigenvalue weighted by Gasteiger charge is 2.03. The van der Waals surface area contributed by atoms with Gasteiger partial charge in [0, 0.05) is 18.5 Å². The summed E-state index contributed by atoms with van der Waals surface area (Å²) in [5, 5.41) is 20.2. The van der Waals surface area contributed by atoms with Crippen LogP contribution in [0.25, 0.3) is 0 Å². The molecule has 0 fully saturated rings. The molecule has 1 aromatic carbocycles. The Bertz CT molecular complexity index is 428. The van der Waals surface area contributed by atoms with Crippen LogP contribution in [0.5, 0.6) is 0 Å². The summed E-state index contributed by atoms with van der Waals surface area (Å²) in [4.78, 5) is 22.0. The van der Waals surface area contributed by atoms with Crippen LogP contribution in [0.3, 0.4) is 0 Å². The zero-order valence-electron chi connectivity index (χ0n) is 11.5. The fourth-order valence-electron chi connectivity index (χ4n) is 1.83. The fraction of sp³-hybridized carbons (Fsp3) is 0.467. The summed E-state index contributed by atoms with van der Waals surface area (Å²) < 4.78 is 0. The molecule has 1 amide bonds. The first kappa shape index (κ1) is 16.2. The minimum Gasteiger partial charge on any atom is -0.481 e. The number of carboxylic acids is 1. The molecule has 20 heavy (non-hydrogen) atoms. The van der Waals surface area contributed by atoms with Gasteiger partial charge in [0.1, 0.15) is 0 Å². The van der Waals surface area contributed by atoms with E-state index in [1.165, 1.54) is 0 Å². The van der Waals surface area contributed by atoms with Crippen molar-refractivity contribution in [3.05, 3.63) is 29.8 Å². The summed E-state index contributed by atoms with van der Waals surface area (Å²) in [6, 6.07) is 7.05. The number of anilines is 1. The van der Waals surface area contributed by atoms with Crippen LogP contribution in [0.15, 0.2) is 24.3 Å². The zero-order valence-corrected chi connectivity index (χ0v) is 11.5. The number of hydrogen-bond donors (Lipinski definition) is 3. The van der Waals surface area contributed by atoms with E-state index in [0.717, 1.165) is 30.5 Å². The third-order valence-electron chi connectivity index (χ3n) is 2.96. The number of benzene rings is 1. The Kier molecular flexibility index (Phi) is 7.35. The molecular weight excluding hydrogens is 258 g/mol. The number of carboxylic acid groups (broad SMARTS) is 1. The van der Waals surface area contributed by atoms with E-state index >= 15 is 0 Å². The number of rotatable bonds is 9. The Morgan fingerprint density at radius 3 is 2.10 bits per heavy atom. The number of carbonyl (C=O) groups excluding carboxylic acids is 1. The van der Waals surface area contributed by atoms with Crippen molar-refractivity contribution in [2.24, 2.45) is 0 Å². The SMILES string of the molecule is O=C(O)CCCCCCC(=O)Nc1ccc(CO)cc1. The molecule has 0 unspecified atom stereocenters. The third kappa shape index (κ3) is 6.89. The quantitative estimate of drug-likeness (QED) is 0.606. The van der Waals surface area contributed by atoms with Crippen molar-refractivity contribution in [3.8, 4) is 0 Å². The molecule has 0 bridgehead atoms. The lowest BCUT2D eigenvalue weighted by Crippen LogP contribution is -2.11. The number of unbranched alkanes of at least 4 members (excludes halogenated alkanes) is 3. The van der Waals surface area contributed by atoms with Crippen LogP contribution >= 0.6 is 0 Å². The van der Waals surface area contributed by atoms with Gasteiger partial charge in [-0.1, -0.05) is 25.0 Å². The molecule has 0 saturated carbocycles. The summed E-state index contributed by atoms with van der Waals surface area (Å²) in [6.45, 7) is -0.00936. The number of carbonyl (C=O) groups is 2. The first-order chi connectivity index (χ1) is 9.61. The second-order valence-corrected chi connectivity index (χ2v) is 4.71. The Morgan fingerprint density at radius 2 is 1.55 bits per heavy atom. The number of nitrogens with one attached hydrogen (secondary N) is 1. The molecule has 5 nitrogen and oxygen atoms in total. The van der Waals surface area contributed by atoms with Crippen LogP contribution in [-0.2, 0) is 16.2 Å². The number of aliphatic carboxylic acids is 1. The summed E-state index contributed by atoms with van der Waals surface area (Å²) in [6.07, 6.45) is 3.77. The van der Waals surface area contributed by atoms with Gasteiger partial charge in [-0.05, 0) is 30.5 Å². The Labute approximate surface area is 118 Å². The molecule has 0 atom stereocenters. The van der Waals surface area contributed by atoms with Gasteiger partial charge in [-0.25, -0.2) is 0 Å². The molecule has 0 radical (unpaired) electrons. The largest absolute Gasteiger partial charge is 0.481 e. The molecule has 0 aromatic heterocycles. The minimum atomic E-state index is -0.769. The molecule has 0 heterocycles. The molecule has 110 valence electrons. The van der Waals surface area contributed by atoms with Crippen LogP contribution in [0.1, 0.15) is 44.1 Å². The van der Waals surface area contributed by atoms with E-state index in [1.807, 2.05) is 0 Å². The maximum Gasteiger partial charge on any atom is 0.303 e. The second kappa shape index (κ2) is 9.09. The first-order valence-corrected chi connectivity index (χ1v) is 6.83. The van der Waals surface area contributed by atoms with E-state index in [1.54, 1.807) is 24.3 Å². The Morgan fingerprint density at radius 1 is 0.950 bits per heavy atom. The van der Waals surface area contributed by atoms with E-state index in [4.69, 9.17) is 10.2 Å². The van der Waals surface area contributed by atoms with Crippen molar-refractivity contribution in [3.63, 3.8) is 0 Å². The van der Waals surface area contributed by atoms with E-state index in [9.17, 15) is 9.59 Å². The van der Waals surface area contributed by atoms with E-state index in [2.05, 4.69) is 5.32 Å². The smallest absolute Gasteiger partial charge is 0.303 e. The normalized spacial score (nSPS) is 10.2. The third-order valence-corrected chi connectivity index (χ3v) is 2.96. The van der Waals surface area contributed by atoms with Crippen molar-refractivity contribution < 1.29 is 19.8 Å². The number of amides is 1. The summed E-state index contributed by atoms with van der Waals surface area (Å²) >= 11 is 0. The van der Waals surface area contributed by atoms with Crippen LogP contribution in [0, 0.1) is 0 Å². The Hall–Kier alpha value is -1.88. The molecular formula is C15H21NO4. The average molecular weight is 279 g/mol. The molecule has 0 spiro atoms. The van der Waals surface area contributed by atoms with Gasteiger partial charge in [0.15, 0.2) is 0 Å². The minimum absolute atomic E-state index is 0.00936. The molecule has 0 saturated heterocycles. The lowest BCUT2D eigenvalue weighted by atomic mass is 10.1. The van der Waals surface area contributed by atoms with Gasteiger partial charge in [0.05, 0.1) is 6.61 Å². The molecule has 1 rings (SSSR count).